The monoisotopic (exact) mass is 274 g/mol. The largest absolute Gasteiger partial charge is 0.493 e. The fourth-order valence-corrected chi connectivity index (χ4v) is 3.28. The molecule has 1 aliphatic heterocycles. The van der Waals surface area contributed by atoms with Gasteiger partial charge in [0, 0.05) is 18.2 Å². The average molecular weight is 274 g/mol. The summed E-state index contributed by atoms with van der Waals surface area (Å²) in [5, 5.41) is 3.11. The van der Waals surface area contributed by atoms with Crippen LogP contribution < -0.4 is 15.8 Å². The summed E-state index contributed by atoms with van der Waals surface area (Å²) >= 11 is 0. The fourth-order valence-electron chi connectivity index (χ4n) is 3.28. The molecule has 4 nitrogen and oxygen atoms in total. The number of nitrogens with one attached hydrogen (secondary N) is 1. The molecule has 1 amide bonds. The summed E-state index contributed by atoms with van der Waals surface area (Å²) < 4.78 is 5.60. The zero-order chi connectivity index (χ0) is 13.9. The molecule has 0 bridgehead atoms. The van der Waals surface area contributed by atoms with Crippen LogP contribution in [0.1, 0.15) is 37.2 Å². The molecule has 3 atom stereocenters. The van der Waals surface area contributed by atoms with Crippen LogP contribution in [0.2, 0.25) is 0 Å². The number of fused-ring (bicyclic) bond motifs is 1. The maximum atomic E-state index is 12.4. The Morgan fingerprint density at radius 1 is 1.30 bits per heavy atom. The van der Waals surface area contributed by atoms with Gasteiger partial charge < -0.3 is 15.8 Å². The highest BCUT2D eigenvalue weighted by atomic mass is 16.5. The van der Waals surface area contributed by atoms with Crippen molar-refractivity contribution in [2.45, 2.75) is 37.6 Å². The third-order valence-corrected chi connectivity index (χ3v) is 4.42. The molecule has 0 spiro atoms. The number of carbonyl (C=O) groups is 1. The Balaban J connectivity index is 1.60. The second-order valence-electron chi connectivity index (χ2n) is 5.91. The maximum Gasteiger partial charge on any atom is 0.227 e. The summed E-state index contributed by atoms with van der Waals surface area (Å²) in [6.45, 7) is 1.37. The highest BCUT2D eigenvalue weighted by Gasteiger charge is 2.28. The highest BCUT2D eigenvalue weighted by molar-refractivity contribution is 5.84. The first kappa shape index (κ1) is 13.4. The van der Waals surface area contributed by atoms with Gasteiger partial charge in [0.2, 0.25) is 5.91 Å². The number of para-hydroxylation sites is 1. The van der Waals surface area contributed by atoms with Crippen LogP contribution in [0.25, 0.3) is 0 Å². The average Bonchev–Trinajstić information content (AvgIpc) is 2.90. The zero-order valence-electron chi connectivity index (χ0n) is 11.7. The normalized spacial score (nSPS) is 28.6. The van der Waals surface area contributed by atoms with E-state index in [9.17, 15) is 4.79 Å². The van der Waals surface area contributed by atoms with Crippen LogP contribution in [0.5, 0.6) is 5.75 Å². The number of nitrogens with two attached hydrogens (primary N) is 1. The predicted octanol–water partition coefficient (Wildman–Crippen LogP) is 1.80. The molecule has 2 aliphatic rings. The number of rotatable bonds is 3. The van der Waals surface area contributed by atoms with Crippen LogP contribution in [0, 0.1) is 5.92 Å². The summed E-state index contributed by atoms with van der Waals surface area (Å²) in [7, 11) is 0. The van der Waals surface area contributed by atoms with E-state index in [0.29, 0.717) is 18.6 Å². The lowest BCUT2D eigenvalue weighted by atomic mass is 9.92. The van der Waals surface area contributed by atoms with Crippen molar-refractivity contribution in [2.75, 3.05) is 13.2 Å². The summed E-state index contributed by atoms with van der Waals surface area (Å²) in [5.41, 5.74) is 6.92. The molecule has 4 heteroatoms. The minimum Gasteiger partial charge on any atom is -0.493 e. The van der Waals surface area contributed by atoms with Crippen molar-refractivity contribution in [2.24, 2.45) is 11.7 Å². The number of benzene rings is 1. The van der Waals surface area contributed by atoms with Crippen molar-refractivity contribution in [1.82, 2.24) is 5.32 Å². The quantitative estimate of drug-likeness (QED) is 0.883. The Hall–Kier alpha value is -1.55. The molecule has 0 radical (unpaired) electrons. The third-order valence-electron chi connectivity index (χ3n) is 4.42. The molecule has 1 aromatic carbocycles. The summed E-state index contributed by atoms with van der Waals surface area (Å²) in [6, 6.07) is 8.15. The standard InChI is InChI=1S/C16H22N2O2/c17-12-6-5-11(9-12)10-18-16(19)14-7-8-20-15-4-2-1-3-13(14)15/h1-4,11-12,14H,5-10,17H2,(H,18,19). The molecule has 1 fully saturated rings. The molecule has 3 rings (SSSR count). The van der Waals surface area contributed by atoms with E-state index in [4.69, 9.17) is 10.5 Å². The molecular formula is C16H22N2O2. The maximum absolute atomic E-state index is 12.4. The van der Waals surface area contributed by atoms with Gasteiger partial charge in [0.05, 0.1) is 12.5 Å². The number of carbonyl (C=O) groups excluding carboxylic acids is 1. The smallest absolute Gasteiger partial charge is 0.227 e. The first-order valence-electron chi connectivity index (χ1n) is 7.49. The van der Waals surface area contributed by atoms with E-state index in [0.717, 1.165) is 43.5 Å². The van der Waals surface area contributed by atoms with Gasteiger partial charge in [-0.05, 0) is 37.7 Å². The molecule has 1 aromatic rings. The van der Waals surface area contributed by atoms with Crippen LogP contribution in [0.4, 0.5) is 0 Å². The van der Waals surface area contributed by atoms with Crippen molar-refractivity contribution < 1.29 is 9.53 Å². The van der Waals surface area contributed by atoms with Crippen LogP contribution in [0.3, 0.4) is 0 Å². The predicted molar refractivity (Wildman–Crippen MR) is 77.6 cm³/mol. The van der Waals surface area contributed by atoms with Crippen molar-refractivity contribution >= 4 is 5.91 Å². The Kier molecular flexibility index (Phi) is 3.92. The molecule has 0 saturated heterocycles. The van der Waals surface area contributed by atoms with Crippen LogP contribution >= 0.6 is 0 Å². The van der Waals surface area contributed by atoms with Crippen LogP contribution in [-0.4, -0.2) is 25.1 Å². The molecular weight excluding hydrogens is 252 g/mol. The Morgan fingerprint density at radius 3 is 2.95 bits per heavy atom. The SMILES string of the molecule is NC1CCC(CNC(=O)C2CCOc3ccccc32)C1. The number of amides is 1. The number of hydrogen-bond acceptors (Lipinski definition) is 3. The van der Waals surface area contributed by atoms with Gasteiger partial charge in [-0.2, -0.15) is 0 Å². The van der Waals surface area contributed by atoms with E-state index in [-0.39, 0.29) is 11.8 Å². The lowest BCUT2D eigenvalue weighted by Gasteiger charge is -2.25. The highest BCUT2D eigenvalue weighted by Crippen LogP contribution is 2.33. The molecule has 3 unspecified atom stereocenters. The van der Waals surface area contributed by atoms with Crippen LogP contribution in [0.15, 0.2) is 24.3 Å². The van der Waals surface area contributed by atoms with Gasteiger partial charge in [-0.3, -0.25) is 4.79 Å². The van der Waals surface area contributed by atoms with Crippen molar-refractivity contribution in [3.63, 3.8) is 0 Å². The summed E-state index contributed by atoms with van der Waals surface area (Å²) in [6.07, 6.45) is 4.00. The third kappa shape index (κ3) is 2.80. The molecule has 3 N–H and O–H groups in total. The summed E-state index contributed by atoms with van der Waals surface area (Å²) in [4.78, 5) is 12.4. The van der Waals surface area contributed by atoms with Crippen molar-refractivity contribution in [3.8, 4) is 5.75 Å². The van der Waals surface area contributed by atoms with Gasteiger partial charge in [0.1, 0.15) is 5.75 Å². The Bertz CT molecular complexity index is 489. The van der Waals surface area contributed by atoms with E-state index in [1.165, 1.54) is 0 Å². The lowest BCUT2D eigenvalue weighted by molar-refractivity contribution is -0.123. The van der Waals surface area contributed by atoms with Crippen molar-refractivity contribution in [3.05, 3.63) is 29.8 Å². The molecule has 20 heavy (non-hydrogen) atoms. The van der Waals surface area contributed by atoms with E-state index in [1.54, 1.807) is 0 Å². The molecule has 1 aliphatic carbocycles. The Morgan fingerprint density at radius 2 is 2.15 bits per heavy atom. The fraction of sp³-hybridized carbons (Fsp3) is 0.562. The van der Waals surface area contributed by atoms with E-state index < -0.39 is 0 Å². The number of ether oxygens (including phenoxy) is 1. The first-order valence-corrected chi connectivity index (χ1v) is 7.49. The minimum atomic E-state index is -0.0740. The first-order chi connectivity index (χ1) is 9.74. The molecule has 1 heterocycles. The Labute approximate surface area is 119 Å². The van der Waals surface area contributed by atoms with Crippen molar-refractivity contribution in [1.29, 1.82) is 0 Å². The minimum absolute atomic E-state index is 0.0740. The van der Waals surface area contributed by atoms with Gasteiger partial charge in [0.25, 0.3) is 0 Å². The second kappa shape index (κ2) is 5.83. The molecule has 0 aromatic heterocycles. The second-order valence-corrected chi connectivity index (χ2v) is 5.91. The van der Waals surface area contributed by atoms with E-state index in [2.05, 4.69) is 5.32 Å². The number of hydrogen-bond donors (Lipinski definition) is 2. The van der Waals surface area contributed by atoms with Crippen LogP contribution in [-0.2, 0) is 4.79 Å². The summed E-state index contributed by atoms with van der Waals surface area (Å²) in [5.74, 6) is 1.45. The van der Waals surface area contributed by atoms with E-state index >= 15 is 0 Å². The van der Waals surface area contributed by atoms with Gasteiger partial charge >= 0.3 is 0 Å². The molecule has 108 valence electrons. The van der Waals surface area contributed by atoms with Gasteiger partial charge in [0.15, 0.2) is 0 Å². The topological polar surface area (TPSA) is 64.3 Å². The van der Waals surface area contributed by atoms with Gasteiger partial charge in [-0.1, -0.05) is 18.2 Å². The molecule has 1 saturated carbocycles. The zero-order valence-corrected chi connectivity index (χ0v) is 11.7. The lowest BCUT2D eigenvalue weighted by Crippen LogP contribution is -2.35. The van der Waals surface area contributed by atoms with E-state index in [1.807, 2.05) is 24.3 Å². The van der Waals surface area contributed by atoms with Gasteiger partial charge in [-0.25, -0.2) is 0 Å². The van der Waals surface area contributed by atoms with Gasteiger partial charge in [-0.15, -0.1) is 0 Å².